The van der Waals surface area contributed by atoms with E-state index in [9.17, 15) is 26.4 Å². The molecule has 186 valence electrons. The van der Waals surface area contributed by atoms with Gasteiger partial charge in [0, 0.05) is 25.2 Å². The molecule has 34 heavy (non-hydrogen) atoms. The van der Waals surface area contributed by atoms with Crippen molar-refractivity contribution in [3.63, 3.8) is 0 Å². The van der Waals surface area contributed by atoms with Gasteiger partial charge in [0.25, 0.3) is 0 Å². The number of pyridine rings is 1. The van der Waals surface area contributed by atoms with Crippen LogP contribution in [0.4, 0.5) is 24.7 Å². The first-order chi connectivity index (χ1) is 15.8. The molecule has 0 aliphatic carbocycles. The highest BCUT2D eigenvalue weighted by molar-refractivity contribution is 7.92. The van der Waals surface area contributed by atoms with Gasteiger partial charge in [-0.25, -0.2) is 13.4 Å². The van der Waals surface area contributed by atoms with Crippen molar-refractivity contribution < 1.29 is 26.4 Å². The molecule has 1 amide bonds. The number of hydrogen-bond acceptors (Lipinski definition) is 5. The van der Waals surface area contributed by atoms with Crippen LogP contribution in [-0.2, 0) is 27.5 Å². The Morgan fingerprint density at radius 3 is 2.44 bits per heavy atom. The molecule has 7 nitrogen and oxygen atoms in total. The number of sulfonamides is 1. The molecule has 12 heteroatoms. The van der Waals surface area contributed by atoms with Crippen LogP contribution in [-0.4, -0.2) is 38.7 Å². The van der Waals surface area contributed by atoms with E-state index in [2.05, 4.69) is 15.0 Å². The molecule has 3 rings (SSSR count). The van der Waals surface area contributed by atoms with Gasteiger partial charge in [-0.3, -0.25) is 9.52 Å². The first kappa shape index (κ1) is 26.1. The van der Waals surface area contributed by atoms with Crippen LogP contribution in [0.2, 0.25) is 5.02 Å². The van der Waals surface area contributed by atoms with Crippen LogP contribution < -0.4 is 14.9 Å². The molecule has 1 fully saturated rings. The summed E-state index contributed by atoms with van der Waals surface area (Å²) in [5.41, 5.74) is 0.293. The molecule has 1 aliphatic heterocycles. The fraction of sp³-hybridized carbons (Fsp3) is 0.455. The lowest BCUT2D eigenvalue weighted by Gasteiger charge is -2.30. The van der Waals surface area contributed by atoms with Gasteiger partial charge >= 0.3 is 6.18 Å². The number of hydrogen-bond donors (Lipinski definition) is 2. The predicted octanol–water partition coefficient (Wildman–Crippen LogP) is 4.54. The van der Waals surface area contributed by atoms with Crippen LogP contribution in [0.25, 0.3) is 0 Å². The molecule has 1 aliphatic rings. The van der Waals surface area contributed by atoms with E-state index in [4.69, 9.17) is 11.6 Å². The van der Waals surface area contributed by atoms with Gasteiger partial charge in [-0.05, 0) is 49.9 Å². The van der Waals surface area contributed by atoms with Crippen LogP contribution in [0.3, 0.4) is 0 Å². The van der Waals surface area contributed by atoms with Gasteiger partial charge in [0.1, 0.15) is 11.5 Å². The SMILES string of the molecule is CC(C(=O)NCc1ccc(C(F)(F)F)nc1N1CCCCC1)c1ccc(NS(C)(=O)=O)c(Cl)c1. The number of alkyl halides is 3. The molecule has 2 aromatic rings. The average molecular weight is 519 g/mol. The summed E-state index contributed by atoms with van der Waals surface area (Å²) in [5.74, 6) is -0.753. The maximum atomic E-state index is 13.2. The Labute approximate surface area is 201 Å². The van der Waals surface area contributed by atoms with Crippen molar-refractivity contribution >= 4 is 39.0 Å². The first-order valence-electron chi connectivity index (χ1n) is 10.7. The second-order valence-electron chi connectivity index (χ2n) is 8.28. The lowest BCUT2D eigenvalue weighted by Crippen LogP contribution is -2.33. The number of carbonyl (C=O) groups is 1. The smallest absolute Gasteiger partial charge is 0.356 e. The lowest BCUT2D eigenvalue weighted by molar-refractivity contribution is -0.141. The van der Waals surface area contributed by atoms with Crippen molar-refractivity contribution in [1.82, 2.24) is 10.3 Å². The molecule has 1 unspecified atom stereocenters. The number of aromatic nitrogens is 1. The second-order valence-corrected chi connectivity index (χ2v) is 10.4. The topological polar surface area (TPSA) is 91.4 Å². The maximum absolute atomic E-state index is 13.2. The Hall–Kier alpha value is -2.53. The van der Waals surface area contributed by atoms with Crippen molar-refractivity contribution in [1.29, 1.82) is 0 Å². The summed E-state index contributed by atoms with van der Waals surface area (Å²) in [5, 5.41) is 2.91. The van der Waals surface area contributed by atoms with Gasteiger partial charge in [-0.2, -0.15) is 13.2 Å². The lowest BCUT2D eigenvalue weighted by atomic mass is 10.00. The van der Waals surface area contributed by atoms with E-state index in [-0.39, 0.29) is 29.0 Å². The summed E-state index contributed by atoms with van der Waals surface area (Å²) in [6.45, 7) is 2.89. The number of anilines is 2. The third-order valence-electron chi connectivity index (χ3n) is 5.54. The molecule has 0 bridgehead atoms. The van der Waals surface area contributed by atoms with E-state index in [1.165, 1.54) is 18.2 Å². The van der Waals surface area contributed by atoms with Gasteiger partial charge in [-0.15, -0.1) is 0 Å². The van der Waals surface area contributed by atoms with Gasteiger partial charge in [0.15, 0.2) is 0 Å². The predicted molar refractivity (Wildman–Crippen MR) is 125 cm³/mol. The second kappa shape index (κ2) is 10.4. The largest absolute Gasteiger partial charge is 0.433 e. The summed E-state index contributed by atoms with van der Waals surface area (Å²) in [4.78, 5) is 18.5. The molecular weight excluding hydrogens is 493 g/mol. The summed E-state index contributed by atoms with van der Waals surface area (Å²) in [7, 11) is -3.51. The average Bonchev–Trinajstić information content (AvgIpc) is 2.77. The number of piperidine rings is 1. The molecule has 0 spiro atoms. The minimum absolute atomic E-state index is 0.0155. The van der Waals surface area contributed by atoms with Crippen molar-refractivity contribution in [2.75, 3.05) is 29.0 Å². The van der Waals surface area contributed by atoms with Crippen molar-refractivity contribution in [3.8, 4) is 0 Å². The van der Waals surface area contributed by atoms with Crippen LogP contribution in [0.1, 0.15) is 48.9 Å². The van der Waals surface area contributed by atoms with Crippen LogP contribution in [0.15, 0.2) is 30.3 Å². The quantitative estimate of drug-likeness (QED) is 0.561. The van der Waals surface area contributed by atoms with Crippen LogP contribution in [0, 0.1) is 0 Å². The zero-order chi connectivity index (χ0) is 25.1. The number of nitrogens with one attached hydrogen (secondary N) is 2. The Bertz CT molecular complexity index is 1150. The summed E-state index contributed by atoms with van der Waals surface area (Å²) in [6, 6.07) is 6.83. The fourth-order valence-electron chi connectivity index (χ4n) is 3.72. The number of nitrogens with zero attached hydrogens (tertiary/aromatic N) is 2. The molecule has 2 N–H and O–H groups in total. The van der Waals surface area contributed by atoms with Gasteiger partial charge in [-0.1, -0.05) is 23.7 Å². The van der Waals surface area contributed by atoms with E-state index >= 15 is 0 Å². The minimum atomic E-state index is -4.56. The molecule has 2 heterocycles. The van der Waals surface area contributed by atoms with Gasteiger partial charge in [0.05, 0.1) is 22.9 Å². The Balaban J connectivity index is 1.75. The number of benzene rings is 1. The van der Waals surface area contributed by atoms with Crippen LogP contribution in [0.5, 0.6) is 0 Å². The number of rotatable bonds is 7. The summed E-state index contributed by atoms with van der Waals surface area (Å²) >= 11 is 6.15. The molecule has 1 saturated heterocycles. The molecule has 0 saturated carbocycles. The van der Waals surface area contributed by atoms with Gasteiger partial charge in [0.2, 0.25) is 15.9 Å². The first-order valence-corrected chi connectivity index (χ1v) is 13.0. The highest BCUT2D eigenvalue weighted by Crippen LogP contribution is 2.32. The molecule has 1 atom stereocenters. The normalized spacial score (nSPS) is 15.6. The Morgan fingerprint density at radius 1 is 1.18 bits per heavy atom. The third-order valence-corrected chi connectivity index (χ3v) is 6.44. The van der Waals surface area contributed by atoms with Crippen molar-refractivity contribution in [2.45, 2.75) is 44.8 Å². The fourth-order valence-corrected chi connectivity index (χ4v) is 4.59. The molecular formula is C22H26ClF3N4O3S. The maximum Gasteiger partial charge on any atom is 0.433 e. The van der Waals surface area contributed by atoms with E-state index in [0.29, 0.717) is 24.2 Å². The number of carbonyl (C=O) groups excluding carboxylic acids is 1. The van der Waals surface area contributed by atoms with Crippen molar-refractivity contribution in [3.05, 3.63) is 52.2 Å². The monoisotopic (exact) mass is 518 g/mol. The molecule has 0 radical (unpaired) electrons. The van der Waals surface area contributed by atoms with E-state index in [1.54, 1.807) is 13.0 Å². The Kier molecular flexibility index (Phi) is 7.97. The highest BCUT2D eigenvalue weighted by Gasteiger charge is 2.34. The minimum Gasteiger partial charge on any atom is -0.356 e. The number of amides is 1. The van der Waals surface area contributed by atoms with Crippen molar-refractivity contribution in [2.24, 2.45) is 0 Å². The molecule has 1 aromatic heterocycles. The van der Waals surface area contributed by atoms with E-state index < -0.39 is 27.8 Å². The standard InChI is InChI=1S/C22H26ClF3N4O3S/c1-14(15-6-8-18(17(23)12-15)29-34(2,32)33)21(31)27-13-16-7-9-19(22(24,25)26)28-20(16)30-10-4-3-5-11-30/h6-9,12,14,29H,3-5,10-11,13H2,1-2H3,(H,27,31). The summed E-state index contributed by atoms with van der Waals surface area (Å²) in [6.07, 6.45) is -0.808. The summed E-state index contributed by atoms with van der Waals surface area (Å²) < 4.78 is 64.8. The Morgan fingerprint density at radius 2 is 1.85 bits per heavy atom. The third kappa shape index (κ3) is 6.75. The zero-order valence-corrected chi connectivity index (χ0v) is 20.3. The van der Waals surface area contributed by atoms with Gasteiger partial charge < -0.3 is 10.2 Å². The van der Waals surface area contributed by atoms with Crippen LogP contribution >= 0.6 is 11.6 Å². The van der Waals surface area contributed by atoms with E-state index in [0.717, 1.165) is 31.6 Å². The van der Waals surface area contributed by atoms with E-state index in [1.807, 2.05) is 4.90 Å². The molecule has 1 aromatic carbocycles. The number of halogens is 4. The highest BCUT2D eigenvalue weighted by atomic mass is 35.5. The zero-order valence-electron chi connectivity index (χ0n) is 18.7.